The second-order valence-electron chi connectivity index (χ2n) is 7.08. The van der Waals surface area contributed by atoms with Gasteiger partial charge in [0.1, 0.15) is 5.75 Å². The minimum atomic E-state index is 0.0985. The minimum Gasteiger partial charge on any atom is -0.496 e. The number of benzene rings is 1. The topological polar surface area (TPSA) is 86.3 Å². The van der Waals surface area contributed by atoms with Gasteiger partial charge in [-0.05, 0) is 43.7 Å². The number of ether oxygens (including phenoxy) is 1. The van der Waals surface area contributed by atoms with Gasteiger partial charge in [-0.3, -0.25) is 4.79 Å². The van der Waals surface area contributed by atoms with E-state index in [4.69, 9.17) is 10.6 Å². The average molecular weight is 390 g/mol. The van der Waals surface area contributed by atoms with E-state index in [-0.39, 0.29) is 5.91 Å². The summed E-state index contributed by atoms with van der Waals surface area (Å²) in [5, 5.41) is 8.83. The molecule has 2 aromatic rings. The van der Waals surface area contributed by atoms with Gasteiger partial charge in [0.25, 0.3) is 0 Å². The van der Waals surface area contributed by atoms with E-state index in [1.165, 1.54) is 29.3 Å². The van der Waals surface area contributed by atoms with Gasteiger partial charge < -0.3 is 15.5 Å². The second kappa shape index (κ2) is 8.65. The van der Waals surface area contributed by atoms with Crippen LogP contribution < -0.4 is 10.6 Å². The summed E-state index contributed by atoms with van der Waals surface area (Å²) in [6.07, 6.45) is 4.54. The Morgan fingerprint density at radius 3 is 2.70 bits per heavy atom. The molecule has 0 bridgehead atoms. The molecule has 0 saturated heterocycles. The molecule has 8 heteroatoms. The highest BCUT2D eigenvalue weighted by atomic mass is 32.2. The maximum absolute atomic E-state index is 12.6. The number of aromatic nitrogens is 3. The summed E-state index contributed by atoms with van der Waals surface area (Å²) in [7, 11) is 3.50. The zero-order valence-electron chi connectivity index (χ0n) is 16.1. The average Bonchev–Trinajstić information content (AvgIpc) is 3.06. The molecule has 27 heavy (non-hydrogen) atoms. The van der Waals surface area contributed by atoms with Crippen molar-refractivity contribution >= 4 is 17.7 Å². The Hall–Kier alpha value is -2.22. The van der Waals surface area contributed by atoms with Crippen LogP contribution in [0.15, 0.2) is 29.4 Å². The van der Waals surface area contributed by atoms with Crippen molar-refractivity contribution in [1.29, 1.82) is 0 Å². The third-order valence-corrected chi connectivity index (χ3v) is 6.19. The third-order valence-electron chi connectivity index (χ3n) is 5.26. The number of amides is 1. The first kappa shape index (κ1) is 19.5. The fraction of sp³-hybridized carbons (Fsp3) is 0.526. The second-order valence-corrected chi connectivity index (χ2v) is 8.03. The van der Waals surface area contributed by atoms with Crippen LogP contribution in [0.3, 0.4) is 0 Å². The Balaban J connectivity index is 1.63. The van der Waals surface area contributed by atoms with Crippen molar-refractivity contribution in [3.8, 4) is 17.1 Å². The largest absolute Gasteiger partial charge is 0.496 e. The lowest BCUT2D eigenvalue weighted by molar-refractivity contribution is -0.129. The summed E-state index contributed by atoms with van der Waals surface area (Å²) in [6, 6.07) is 7.84. The summed E-state index contributed by atoms with van der Waals surface area (Å²) in [5.74, 6) is 8.52. The van der Waals surface area contributed by atoms with Crippen molar-refractivity contribution in [2.24, 2.45) is 5.92 Å². The lowest BCUT2D eigenvalue weighted by atomic mass is 9.87. The number of hydrogen-bond acceptors (Lipinski definition) is 6. The van der Waals surface area contributed by atoms with E-state index in [1.54, 1.807) is 7.11 Å². The monoisotopic (exact) mass is 389 g/mol. The van der Waals surface area contributed by atoms with Crippen molar-refractivity contribution < 1.29 is 9.53 Å². The summed E-state index contributed by atoms with van der Waals surface area (Å²) < 4.78 is 6.78. The Labute approximate surface area is 164 Å². The molecule has 0 spiro atoms. The lowest BCUT2D eigenvalue weighted by Gasteiger charge is -2.33. The molecule has 1 aliphatic rings. The van der Waals surface area contributed by atoms with E-state index in [9.17, 15) is 4.79 Å². The summed E-state index contributed by atoms with van der Waals surface area (Å²) in [4.78, 5) is 14.5. The van der Waals surface area contributed by atoms with Crippen LogP contribution >= 0.6 is 11.8 Å². The van der Waals surface area contributed by atoms with Crippen LogP contribution in [0.1, 0.15) is 32.6 Å². The zero-order chi connectivity index (χ0) is 19.4. The van der Waals surface area contributed by atoms with Crippen molar-refractivity contribution in [2.75, 3.05) is 25.8 Å². The van der Waals surface area contributed by atoms with E-state index in [1.807, 2.05) is 36.2 Å². The molecule has 1 amide bonds. The molecule has 146 valence electrons. The number of methoxy groups -OCH3 is 1. The van der Waals surface area contributed by atoms with E-state index >= 15 is 0 Å². The standard InChI is InChI=1S/C19H27N5O2S/c1-13-8-10-14(11-9-13)23(2)17(25)12-27-19-22-21-18(24(19)20)15-6-4-5-7-16(15)26-3/h4-7,13-14H,8-12,20H2,1-3H3. The molecule has 1 fully saturated rings. The minimum absolute atomic E-state index is 0.0985. The molecule has 0 aliphatic heterocycles. The number of carbonyl (C=O) groups is 1. The maximum atomic E-state index is 12.6. The van der Waals surface area contributed by atoms with Gasteiger partial charge in [-0.1, -0.05) is 30.8 Å². The quantitative estimate of drug-likeness (QED) is 0.604. The van der Waals surface area contributed by atoms with Crippen LogP contribution in [0.5, 0.6) is 5.75 Å². The molecular weight excluding hydrogens is 362 g/mol. The highest BCUT2D eigenvalue weighted by molar-refractivity contribution is 7.99. The number of nitrogens with two attached hydrogens (primary N) is 1. The molecule has 3 rings (SSSR count). The number of nitrogens with zero attached hydrogens (tertiary/aromatic N) is 4. The fourth-order valence-corrected chi connectivity index (χ4v) is 4.23. The number of rotatable bonds is 6. The molecule has 0 radical (unpaired) electrons. The molecule has 1 saturated carbocycles. The molecule has 1 heterocycles. The number of carbonyl (C=O) groups excluding carboxylic acids is 1. The van der Waals surface area contributed by atoms with Gasteiger partial charge in [0.15, 0.2) is 5.82 Å². The number of para-hydroxylation sites is 1. The van der Waals surface area contributed by atoms with E-state index < -0.39 is 0 Å². The summed E-state index contributed by atoms with van der Waals surface area (Å²) >= 11 is 1.31. The molecule has 7 nitrogen and oxygen atoms in total. The van der Waals surface area contributed by atoms with Crippen molar-refractivity contribution in [3.63, 3.8) is 0 Å². The molecule has 2 N–H and O–H groups in total. The number of thioether (sulfide) groups is 1. The first-order valence-corrected chi connectivity index (χ1v) is 10.2. The molecule has 0 atom stereocenters. The molecule has 0 unspecified atom stereocenters. The van der Waals surface area contributed by atoms with E-state index in [0.29, 0.717) is 28.5 Å². The van der Waals surface area contributed by atoms with Gasteiger partial charge in [-0.2, -0.15) is 0 Å². The van der Waals surface area contributed by atoms with Crippen LogP contribution in [0.4, 0.5) is 0 Å². The zero-order valence-corrected chi connectivity index (χ0v) is 16.9. The summed E-state index contributed by atoms with van der Waals surface area (Å²) in [5.41, 5.74) is 0.765. The normalized spacial score (nSPS) is 19.7. The van der Waals surface area contributed by atoms with Crippen molar-refractivity contribution in [1.82, 2.24) is 19.8 Å². The van der Waals surface area contributed by atoms with E-state index in [2.05, 4.69) is 17.1 Å². The van der Waals surface area contributed by atoms with Crippen LogP contribution in [-0.2, 0) is 4.79 Å². The smallest absolute Gasteiger partial charge is 0.233 e. The van der Waals surface area contributed by atoms with Crippen molar-refractivity contribution in [2.45, 2.75) is 43.8 Å². The molecular formula is C19H27N5O2S. The predicted octanol–water partition coefficient (Wildman–Crippen LogP) is 2.80. The third kappa shape index (κ3) is 4.37. The molecule has 1 aromatic heterocycles. The number of hydrogen-bond donors (Lipinski definition) is 1. The van der Waals surface area contributed by atoms with Gasteiger partial charge >= 0.3 is 0 Å². The van der Waals surface area contributed by atoms with Gasteiger partial charge in [-0.25, -0.2) is 4.68 Å². The lowest BCUT2D eigenvalue weighted by Crippen LogP contribution is -2.40. The predicted molar refractivity (Wildman–Crippen MR) is 107 cm³/mol. The Morgan fingerprint density at radius 2 is 2.00 bits per heavy atom. The number of nitrogen functional groups attached to an aromatic ring is 1. The first-order valence-electron chi connectivity index (χ1n) is 9.23. The van der Waals surface area contributed by atoms with Crippen LogP contribution in [-0.4, -0.2) is 51.6 Å². The SMILES string of the molecule is COc1ccccc1-c1nnc(SCC(=O)N(C)C2CCC(C)CC2)n1N. The highest BCUT2D eigenvalue weighted by Crippen LogP contribution is 2.30. The van der Waals surface area contributed by atoms with Gasteiger partial charge in [-0.15, -0.1) is 10.2 Å². The summed E-state index contributed by atoms with van der Waals surface area (Å²) in [6.45, 7) is 2.28. The van der Waals surface area contributed by atoms with Gasteiger partial charge in [0, 0.05) is 13.1 Å². The van der Waals surface area contributed by atoms with Gasteiger partial charge in [0.05, 0.1) is 18.4 Å². The van der Waals surface area contributed by atoms with Crippen molar-refractivity contribution in [3.05, 3.63) is 24.3 Å². The Kier molecular flexibility index (Phi) is 6.26. The Morgan fingerprint density at radius 1 is 1.30 bits per heavy atom. The molecule has 1 aromatic carbocycles. The highest BCUT2D eigenvalue weighted by Gasteiger charge is 2.25. The Bertz CT molecular complexity index is 786. The van der Waals surface area contributed by atoms with Crippen LogP contribution in [0, 0.1) is 5.92 Å². The van der Waals surface area contributed by atoms with E-state index in [0.717, 1.165) is 24.3 Å². The van der Waals surface area contributed by atoms with Gasteiger partial charge in [0.2, 0.25) is 11.1 Å². The molecule has 1 aliphatic carbocycles. The van der Waals surface area contributed by atoms with Crippen LogP contribution in [0.25, 0.3) is 11.4 Å². The first-order chi connectivity index (χ1) is 13.0. The fourth-order valence-electron chi connectivity index (χ4n) is 3.45. The maximum Gasteiger partial charge on any atom is 0.233 e. The van der Waals surface area contributed by atoms with Crippen LogP contribution in [0.2, 0.25) is 0 Å².